The van der Waals surface area contributed by atoms with Gasteiger partial charge in [-0.2, -0.15) is 0 Å². The molecular weight excluding hydrogens is 1850 g/mol. The van der Waals surface area contributed by atoms with Gasteiger partial charge in [-0.25, -0.2) is 0 Å². The van der Waals surface area contributed by atoms with E-state index in [1.54, 1.807) is 0 Å². The van der Waals surface area contributed by atoms with Gasteiger partial charge in [0, 0.05) is 171 Å². The second kappa shape index (κ2) is 33.0. The van der Waals surface area contributed by atoms with Crippen LogP contribution in [0.2, 0.25) is 0 Å². The zero-order valence-electron chi connectivity index (χ0n) is 74.9. The van der Waals surface area contributed by atoms with Crippen LogP contribution in [0.25, 0.3) is 273 Å². The van der Waals surface area contributed by atoms with Crippen molar-refractivity contribution in [3.8, 4) is 67.3 Å². The van der Waals surface area contributed by atoms with Crippen LogP contribution in [0.4, 0.5) is 0 Å². The van der Waals surface area contributed by atoms with E-state index < -0.39 is 0 Å². The molecule has 0 N–H and O–H groups in total. The highest BCUT2D eigenvalue weighted by molar-refractivity contribution is 7.29. The Labute approximate surface area is 835 Å². The topological polar surface area (TPSA) is 19.7 Å². The average molecular weight is 1930 g/mol. The van der Waals surface area contributed by atoms with Crippen LogP contribution in [-0.2, 0) is 0 Å². The van der Waals surface area contributed by atoms with Crippen LogP contribution < -0.4 is 0 Å². The number of para-hydroxylation sites is 8. The summed E-state index contributed by atoms with van der Waals surface area (Å²) < 4.78 is 31.3. The minimum absolute atomic E-state index is 1.20. The largest absolute Gasteiger partial charge is 0.308 e. The normalized spacial score (nSPS) is 12.0. The molecule has 0 unspecified atom stereocenters. The number of nitrogens with zero attached hydrogens (tertiary/aromatic N) is 4. The molecule has 20 aromatic carbocycles. The molecule has 0 amide bonds. The van der Waals surface area contributed by atoms with E-state index in [1.807, 2.05) is 90.7 Å². The van der Waals surface area contributed by atoms with Gasteiger partial charge in [0.05, 0.1) is 62.9 Å². The average Bonchev–Trinajstić information content (AvgIpc) is 1.55. The van der Waals surface area contributed by atoms with E-state index >= 15 is 0 Å². The molecule has 12 aromatic heterocycles. The molecule has 12 heterocycles. The summed E-state index contributed by atoms with van der Waals surface area (Å²) in [5.41, 5.74) is 25.5. The Morgan fingerprint density at radius 1 is 0.129 bits per heavy atom. The fraction of sp³-hybridized carbons (Fsp3) is 0. The Morgan fingerprint density at radius 2 is 0.379 bits per heavy atom. The first-order valence-corrected chi connectivity index (χ1v) is 53.7. The number of hydrogen-bond donors (Lipinski definition) is 0. The van der Waals surface area contributed by atoms with Gasteiger partial charge in [-0.3, -0.25) is 0 Å². The zero-order valence-corrected chi connectivity index (χ0v) is 81.5. The maximum absolute atomic E-state index is 2.46. The van der Waals surface area contributed by atoms with Crippen LogP contribution in [0, 0.1) is 0 Å². The summed E-state index contributed by atoms with van der Waals surface area (Å²) in [5, 5.41) is 21.4. The summed E-state index contributed by atoms with van der Waals surface area (Å²) >= 11 is 15.2. The number of benzene rings is 20. The first-order valence-electron chi connectivity index (χ1n) is 47.2. The van der Waals surface area contributed by atoms with Crippen molar-refractivity contribution in [2.75, 3.05) is 0 Å². The molecule has 0 fully saturated rings. The molecule has 0 radical (unpaired) electrons. The molecular formula is C128H76N4S8. The SMILES string of the molecule is c1ccc(-n2c3ccccc3c3sc4cccc(-c5ccc6c(c5)sc5ccccc56)c4c32)cc1.c1ccc(-n2c3ccccc3c3sc4cccc(-c5ccc6sc7ccccc7c6c5)c4c32)cc1.c1ccc(-n2c3ccccc3c3sc4cccc(-c5cccc6c5sc5ccccc56)c4c32)cc1.c1ccc(-n2c3ccccc3c3sc4cccc(-c5cccc6sc7ccccc7c56)c4c32)cc1. The molecule has 656 valence electrons. The standard InChI is InChI=1S/4C32H19NS2/c1-2-10-20(11-3-1)33-26-17-6-4-13-25(26)32-30(33)29-22(14-9-19-28(29)35-32)24-16-8-15-23-21-12-5-7-18-27(21)34-31(23)24;1-2-10-20(11-3-1)33-25-16-6-4-12-23(25)32-31(33)30-22(15-9-19-28(30)35-32)21-14-8-18-27-29(21)24-13-5-7-17-26(24)34-27;1-2-9-21(10-3-1)33-26-14-6-4-12-25(26)32-31(33)30-22(13-8-16-28(30)35-32)20-17-18-24-23-11-5-7-15-27(23)34-29(24)19-20;1-2-9-21(10-3-1)33-26-14-6-4-12-24(26)32-31(33)30-22(13-8-16-29(30)35-32)20-17-18-28-25(19-20)23-11-5-7-15-27(23)34-28/h4*1-19H. The van der Waals surface area contributed by atoms with Crippen molar-refractivity contribution >= 4 is 296 Å². The number of fused-ring (bicyclic) bond motifs is 32. The van der Waals surface area contributed by atoms with Gasteiger partial charge < -0.3 is 18.3 Å². The van der Waals surface area contributed by atoms with Crippen LogP contribution in [-0.4, -0.2) is 18.3 Å². The van der Waals surface area contributed by atoms with Gasteiger partial charge >= 0.3 is 0 Å². The third kappa shape index (κ3) is 12.8. The lowest BCUT2D eigenvalue weighted by Crippen LogP contribution is -1.93. The van der Waals surface area contributed by atoms with Crippen LogP contribution in [0.1, 0.15) is 0 Å². The predicted octanol–water partition coefficient (Wildman–Crippen LogP) is 40.1. The van der Waals surface area contributed by atoms with E-state index in [0.29, 0.717) is 0 Å². The first-order chi connectivity index (χ1) is 69.5. The zero-order chi connectivity index (χ0) is 91.7. The molecule has 12 heteroatoms. The van der Waals surface area contributed by atoms with Gasteiger partial charge in [-0.1, -0.05) is 315 Å². The van der Waals surface area contributed by atoms with Crippen molar-refractivity contribution in [2.45, 2.75) is 0 Å². The van der Waals surface area contributed by atoms with Crippen molar-refractivity contribution in [2.24, 2.45) is 0 Å². The van der Waals surface area contributed by atoms with Gasteiger partial charge in [0.2, 0.25) is 0 Å². The summed E-state index contributed by atoms with van der Waals surface area (Å²) in [6.45, 7) is 0. The highest BCUT2D eigenvalue weighted by Gasteiger charge is 2.28. The highest BCUT2D eigenvalue weighted by Crippen LogP contribution is 2.55. The number of hydrogen-bond acceptors (Lipinski definition) is 8. The van der Waals surface area contributed by atoms with Crippen molar-refractivity contribution < 1.29 is 0 Å². The van der Waals surface area contributed by atoms with E-state index in [-0.39, 0.29) is 0 Å². The second-order valence-electron chi connectivity index (χ2n) is 35.8. The molecule has 0 saturated carbocycles. The third-order valence-electron chi connectivity index (χ3n) is 28.0. The van der Waals surface area contributed by atoms with E-state index in [0.717, 1.165) is 0 Å². The lowest BCUT2D eigenvalue weighted by molar-refractivity contribution is 1.19. The summed E-state index contributed by atoms with van der Waals surface area (Å²) in [5.74, 6) is 0. The molecule has 32 rings (SSSR count). The Bertz CT molecular complexity index is 10600. The Kier molecular flexibility index (Phi) is 19.2. The predicted molar refractivity (Wildman–Crippen MR) is 618 cm³/mol. The van der Waals surface area contributed by atoms with Crippen LogP contribution in [0.3, 0.4) is 0 Å². The number of rotatable bonds is 8. The summed E-state index contributed by atoms with van der Waals surface area (Å²) in [6, 6.07) is 168. The summed E-state index contributed by atoms with van der Waals surface area (Å²) in [4.78, 5) is 0. The van der Waals surface area contributed by atoms with E-state index in [2.05, 4.69) is 479 Å². The number of aromatic nitrogens is 4. The maximum Gasteiger partial charge on any atom is 0.0734 e. The summed E-state index contributed by atoms with van der Waals surface area (Å²) in [7, 11) is 0. The minimum atomic E-state index is 1.20. The fourth-order valence-electron chi connectivity index (χ4n) is 22.1. The summed E-state index contributed by atoms with van der Waals surface area (Å²) in [6.07, 6.45) is 0. The lowest BCUT2D eigenvalue weighted by atomic mass is 9.96. The van der Waals surface area contributed by atoms with Crippen molar-refractivity contribution in [3.63, 3.8) is 0 Å². The van der Waals surface area contributed by atoms with Crippen molar-refractivity contribution in [1.29, 1.82) is 0 Å². The highest BCUT2D eigenvalue weighted by atomic mass is 32.1. The van der Waals surface area contributed by atoms with Gasteiger partial charge in [-0.05, 0) is 185 Å². The molecule has 0 saturated heterocycles. The molecule has 0 aliphatic carbocycles. The van der Waals surface area contributed by atoms with Crippen molar-refractivity contribution in [1.82, 2.24) is 18.3 Å². The third-order valence-corrected chi connectivity index (χ3v) is 37.4. The molecule has 0 aliphatic heterocycles. The Balaban J connectivity index is 0.0000000896. The molecule has 140 heavy (non-hydrogen) atoms. The number of thiophene rings is 8. The quantitative estimate of drug-likeness (QED) is 0.144. The van der Waals surface area contributed by atoms with Crippen molar-refractivity contribution in [3.05, 3.63) is 461 Å². The fourth-order valence-corrected chi connectivity index (χ4v) is 31.7. The second-order valence-corrected chi connectivity index (χ2v) is 44.3. The monoisotopic (exact) mass is 1920 g/mol. The molecule has 0 bridgehead atoms. The van der Waals surface area contributed by atoms with Gasteiger partial charge in [-0.15, -0.1) is 90.7 Å². The molecule has 0 aliphatic rings. The Hall–Kier alpha value is -15.7. The van der Waals surface area contributed by atoms with Crippen LogP contribution in [0.5, 0.6) is 0 Å². The Morgan fingerprint density at radius 3 is 0.807 bits per heavy atom. The smallest absolute Gasteiger partial charge is 0.0734 e. The molecule has 32 aromatic rings. The molecule has 0 spiro atoms. The van der Waals surface area contributed by atoms with Gasteiger partial charge in [0.1, 0.15) is 0 Å². The van der Waals surface area contributed by atoms with Gasteiger partial charge in [0.25, 0.3) is 0 Å². The first kappa shape index (κ1) is 81.5. The maximum atomic E-state index is 2.46. The van der Waals surface area contributed by atoms with Gasteiger partial charge in [0.15, 0.2) is 0 Å². The lowest BCUT2D eigenvalue weighted by Gasteiger charge is -2.11. The van der Waals surface area contributed by atoms with E-state index in [1.165, 1.54) is 273 Å². The molecule has 4 nitrogen and oxygen atoms in total. The molecule has 0 atom stereocenters. The van der Waals surface area contributed by atoms with E-state index in [9.17, 15) is 0 Å². The van der Waals surface area contributed by atoms with Crippen LogP contribution >= 0.6 is 90.7 Å². The minimum Gasteiger partial charge on any atom is -0.308 e. The van der Waals surface area contributed by atoms with Crippen LogP contribution in [0.15, 0.2) is 461 Å². The van der Waals surface area contributed by atoms with E-state index in [4.69, 9.17) is 0 Å².